The maximum absolute atomic E-state index is 6.11. The van der Waals surface area contributed by atoms with E-state index in [1.165, 1.54) is 0 Å². The molecule has 0 amide bonds. The predicted octanol–water partition coefficient (Wildman–Crippen LogP) is 4.73. The Balaban J connectivity index is 2.35. The third-order valence-electron chi connectivity index (χ3n) is 2.64. The molecular weight excluding hydrogens is 303 g/mol. The number of benzene rings is 1. The first kappa shape index (κ1) is 12.5. The van der Waals surface area contributed by atoms with Crippen molar-refractivity contribution in [2.45, 2.75) is 11.8 Å². The Morgan fingerprint density at radius 1 is 1.35 bits per heavy atom. The van der Waals surface area contributed by atoms with Gasteiger partial charge in [-0.05, 0) is 30.7 Å². The Morgan fingerprint density at radius 3 is 2.65 bits per heavy atom. The van der Waals surface area contributed by atoms with E-state index in [4.69, 9.17) is 20.8 Å². The van der Waals surface area contributed by atoms with Crippen molar-refractivity contribution in [2.75, 3.05) is 7.11 Å². The number of aryl methyl sites for hydroxylation is 1. The summed E-state index contributed by atoms with van der Waals surface area (Å²) in [6.07, 6.45) is 1.68. The number of alkyl halides is 1. The van der Waals surface area contributed by atoms with Gasteiger partial charge in [-0.1, -0.05) is 33.6 Å². The quantitative estimate of drug-likeness (QED) is 0.764. The van der Waals surface area contributed by atoms with Gasteiger partial charge in [-0.3, -0.25) is 0 Å². The third-order valence-corrected chi connectivity index (χ3v) is 3.96. The normalized spacial score (nSPS) is 12.5. The van der Waals surface area contributed by atoms with Gasteiger partial charge in [-0.25, -0.2) is 0 Å². The average Bonchev–Trinajstić information content (AvgIpc) is 2.74. The fraction of sp³-hybridized carbons (Fsp3) is 0.231. The molecule has 2 rings (SSSR count). The summed E-state index contributed by atoms with van der Waals surface area (Å²) in [6.45, 7) is 1.94. The molecule has 2 aromatic rings. The zero-order valence-electron chi connectivity index (χ0n) is 9.54. The molecule has 0 radical (unpaired) electrons. The standard InChI is InChI=1S/C13H12BrClO2/c1-8-10(5-6-17-8)13(14)9-3-4-12(16-2)11(15)7-9/h3-7,13H,1-2H3. The van der Waals surface area contributed by atoms with E-state index in [-0.39, 0.29) is 4.83 Å². The van der Waals surface area contributed by atoms with Gasteiger partial charge in [-0.2, -0.15) is 0 Å². The maximum Gasteiger partial charge on any atom is 0.137 e. The van der Waals surface area contributed by atoms with Crippen LogP contribution in [0.15, 0.2) is 34.9 Å². The summed E-state index contributed by atoms with van der Waals surface area (Å²) in [4.78, 5) is 0.0738. The Bertz CT molecular complexity index is 522. The first-order valence-corrected chi connectivity index (χ1v) is 6.44. The zero-order chi connectivity index (χ0) is 12.4. The number of hydrogen-bond acceptors (Lipinski definition) is 2. The highest BCUT2D eigenvalue weighted by atomic mass is 79.9. The molecular formula is C13H12BrClO2. The molecule has 0 aliphatic heterocycles. The summed E-state index contributed by atoms with van der Waals surface area (Å²) in [5.41, 5.74) is 2.17. The van der Waals surface area contributed by atoms with Gasteiger partial charge < -0.3 is 9.15 Å². The first-order valence-electron chi connectivity index (χ1n) is 5.15. The summed E-state index contributed by atoms with van der Waals surface area (Å²) in [5, 5.41) is 0.607. The fourth-order valence-corrected chi connectivity index (χ4v) is 2.70. The second kappa shape index (κ2) is 5.15. The molecule has 0 saturated heterocycles. The van der Waals surface area contributed by atoms with Crippen LogP contribution in [0.25, 0.3) is 0 Å². The van der Waals surface area contributed by atoms with Crippen LogP contribution in [-0.2, 0) is 0 Å². The molecule has 90 valence electrons. The van der Waals surface area contributed by atoms with Crippen LogP contribution in [0.2, 0.25) is 5.02 Å². The van der Waals surface area contributed by atoms with Crippen LogP contribution >= 0.6 is 27.5 Å². The van der Waals surface area contributed by atoms with E-state index in [9.17, 15) is 0 Å². The van der Waals surface area contributed by atoms with Crippen molar-refractivity contribution in [2.24, 2.45) is 0 Å². The lowest BCUT2D eigenvalue weighted by Crippen LogP contribution is -1.94. The van der Waals surface area contributed by atoms with Crippen molar-refractivity contribution in [3.63, 3.8) is 0 Å². The maximum atomic E-state index is 6.11. The molecule has 0 spiro atoms. The van der Waals surface area contributed by atoms with Crippen LogP contribution in [0, 0.1) is 6.92 Å². The minimum absolute atomic E-state index is 0.0738. The molecule has 0 fully saturated rings. The summed E-state index contributed by atoms with van der Waals surface area (Å²) >= 11 is 9.75. The van der Waals surface area contributed by atoms with Crippen molar-refractivity contribution < 1.29 is 9.15 Å². The average molecular weight is 316 g/mol. The monoisotopic (exact) mass is 314 g/mol. The number of methoxy groups -OCH3 is 1. The fourth-order valence-electron chi connectivity index (χ4n) is 1.68. The SMILES string of the molecule is COc1ccc(C(Br)c2ccoc2C)cc1Cl. The molecule has 0 N–H and O–H groups in total. The van der Waals surface area contributed by atoms with Gasteiger partial charge in [0.05, 0.1) is 23.2 Å². The van der Waals surface area contributed by atoms with E-state index in [1.54, 1.807) is 13.4 Å². The lowest BCUT2D eigenvalue weighted by Gasteiger charge is -2.11. The van der Waals surface area contributed by atoms with Crippen LogP contribution in [0.1, 0.15) is 21.7 Å². The smallest absolute Gasteiger partial charge is 0.137 e. The minimum Gasteiger partial charge on any atom is -0.495 e. The second-order valence-corrected chi connectivity index (χ2v) is 5.01. The Kier molecular flexibility index (Phi) is 3.79. The summed E-state index contributed by atoms with van der Waals surface area (Å²) in [6, 6.07) is 7.69. The van der Waals surface area contributed by atoms with Gasteiger partial charge in [0.15, 0.2) is 0 Å². The predicted molar refractivity (Wildman–Crippen MR) is 72.2 cm³/mol. The van der Waals surface area contributed by atoms with Crippen molar-refractivity contribution in [3.05, 3.63) is 52.4 Å². The second-order valence-electron chi connectivity index (χ2n) is 3.69. The van der Waals surface area contributed by atoms with Gasteiger partial charge in [0, 0.05) is 5.56 Å². The van der Waals surface area contributed by atoms with E-state index in [0.717, 1.165) is 16.9 Å². The van der Waals surface area contributed by atoms with Crippen LogP contribution < -0.4 is 4.74 Å². The van der Waals surface area contributed by atoms with Crippen LogP contribution in [0.3, 0.4) is 0 Å². The summed E-state index contributed by atoms with van der Waals surface area (Å²) in [7, 11) is 1.60. The first-order chi connectivity index (χ1) is 8.13. The van der Waals surface area contributed by atoms with Gasteiger partial charge in [0.25, 0.3) is 0 Å². The topological polar surface area (TPSA) is 22.4 Å². The largest absolute Gasteiger partial charge is 0.495 e. The third kappa shape index (κ3) is 2.50. The van der Waals surface area contributed by atoms with E-state index < -0.39 is 0 Å². The van der Waals surface area contributed by atoms with E-state index >= 15 is 0 Å². The number of hydrogen-bond donors (Lipinski definition) is 0. The molecule has 17 heavy (non-hydrogen) atoms. The lowest BCUT2D eigenvalue weighted by atomic mass is 10.1. The Hall–Kier alpha value is -0.930. The minimum atomic E-state index is 0.0738. The highest BCUT2D eigenvalue weighted by Gasteiger charge is 2.16. The van der Waals surface area contributed by atoms with Crippen molar-refractivity contribution in [1.29, 1.82) is 0 Å². The molecule has 2 nitrogen and oxygen atoms in total. The van der Waals surface area contributed by atoms with Crippen LogP contribution in [0.5, 0.6) is 5.75 Å². The number of halogens is 2. The molecule has 0 aliphatic rings. The number of ether oxygens (including phenoxy) is 1. The summed E-state index contributed by atoms with van der Waals surface area (Å²) in [5.74, 6) is 1.58. The van der Waals surface area contributed by atoms with E-state index in [2.05, 4.69) is 15.9 Å². The highest BCUT2D eigenvalue weighted by Crippen LogP contribution is 2.36. The Labute approximate surface area is 114 Å². The molecule has 1 aromatic carbocycles. The van der Waals surface area contributed by atoms with Crippen LogP contribution in [-0.4, -0.2) is 7.11 Å². The van der Waals surface area contributed by atoms with E-state index in [1.807, 2.05) is 31.2 Å². The number of furan rings is 1. The van der Waals surface area contributed by atoms with Gasteiger partial charge >= 0.3 is 0 Å². The van der Waals surface area contributed by atoms with E-state index in [0.29, 0.717) is 10.8 Å². The van der Waals surface area contributed by atoms with Crippen molar-refractivity contribution >= 4 is 27.5 Å². The molecule has 1 aromatic heterocycles. The molecule has 1 heterocycles. The summed E-state index contributed by atoms with van der Waals surface area (Å²) < 4.78 is 10.4. The number of rotatable bonds is 3. The van der Waals surface area contributed by atoms with Gasteiger partial charge in [-0.15, -0.1) is 0 Å². The van der Waals surface area contributed by atoms with Crippen molar-refractivity contribution in [3.8, 4) is 5.75 Å². The Morgan fingerprint density at radius 2 is 2.12 bits per heavy atom. The molecule has 4 heteroatoms. The zero-order valence-corrected chi connectivity index (χ0v) is 11.9. The lowest BCUT2D eigenvalue weighted by molar-refractivity contribution is 0.415. The van der Waals surface area contributed by atoms with Gasteiger partial charge in [0.2, 0.25) is 0 Å². The molecule has 1 unspecified atom stereocenters. The highest BCUT2D eigenvalue weighted by molar-refractivity contribution is 9.09. The van der Waals surface area contributed by atoms with Crippen LogP contribution in [0.4, 0.5) is 0 Å². The van der Waals surface area contributed by atoms with Crippen molar-refractivity contribution in [1.82, 2.24) is 0 Å². The molecule has 0 saturated carbocycles. The van der Waals surface area contributed by atoms with Gasteiger partial charge in [0.1, 0.15) is 11.5 Å². The molecule has 1 atom stereocenters. The molecule has 0 aliphatic carbocycles. The molecule has 0 bridgehead atoms.